The fourth-order valence-electron chi connectivity index (χ4n) is 1.03. The SMILES string of the molecule is COC(=O)C(C)Nc1nc(Cl)ncc1[N+](=O)[O-]. The maximum atomic E-state index is 11.2. The van der Waals surface area contributed by atoms with Crippen molar-refractivity contribution in [2.45, 2.75) is 13.0 Å². The fourth-order valence-corrected chi connectivity index (χ4v) is 1.17. The van der Waals surface area contributed by atoms with E-state index in [-0.39, 0.29) is 16.8 Å². The topological polar surface area (TPSA) is 107 Å². The van der Waals surface area contributed by atoms with Gasteiger partial charge < -0.3 is 10.1 Å². The minimum atomic E-state index is -0.787. The van der Waals surface area contributed by atoms with Crippen LogP contribution in [0.25, 0.3) is 0 Å². The summed E-state index contributed by atoms with van der Waals surface area (Å²) in [7, 11) is 1.21. The first-order valence-corrected chi connectivity index (χ1v) is 4.84. The van der Waals surface area contributed by atoms with E-state index in [1.54, 1.807) is 0 Å². The Hall–Kier alpha value is -1.96. The summed E-state index contributed by atoms with van der Waals surface area (Å²) in [5.74, 6) is -0.707. The molecule has 0 aliphatic rings. The monoisotopic (exact) mass is 260 g/mol. The van der Waals surface area contributed by atoms with Crippen molar-refractivity contribution in [1.29, 1.82) is 0 Å². The molecule has 1 aromatic rings. The van der Waals surface area contributed by atoms with Crippen LogP contribution in [0.5, 0.6) is 0 Å². The molecule has 1 atom stereocenters. The van der Waals surface area contributed by atoms with Crippen molar-refractivity contribution in [3.8, 4) is 0 Å². The molecule has 1 unspecified atom stereocenters. The molecule has 8 nitrogen and oxygen atoms in total. The van der Waals surface area contributed by atoms with Gasteiger partial charge in [-0.15, -0.1) is 0 Å². The van der Waals surface area contributed by atoms with Crippen LogP contribution in [0.15, 0.2) is 6.20 Å². The molecule has 9 heteroatoms. The predicted octanol–water partition coefficient (Wildman–Crippen LogP) is 1.01. The van der Waals surface area contributed by atoms with E-state index < -0.39 is 16.9 Å². The number of rotatable bonds is 4. The number of aromatic nitrogens is 2. The second-order valence-electron chi connectivity index (χ2n) is 3.02. The van der Waals surface area contributed by atoms with Gasteiger partial charge in [-0.2, -0.15) is 4.98 Å². The van der Waals surface area contributed by atoms with Crippen molar-refractivity contribution < 1.29 is 14.5 Å². The molecule has 0 bridgehead atoms. The summed E-state index contributed by atoms with van der Waals surface area (Å²) in [6.07, 6.45) is 0.960. The smallest absolute Gasteiger partial charge is 0.329 e. The van der Waals surface area contributed by atoms with Crippen molar-refractivity contribution in [3.63, 3.8) is 0 Å². The number of hydrogen-bond donors (Lipinski definition) is 1. The summed E-state index contributed by atoms with van der Waals surface area (Å²) in [4.78, 5) is 28.3. The zero-order valence-corrected chi connectivity index (χ0v) is 9.76. The zero-order chi connectivity index (χ0) is 13.0. The lowest BCUT2D eigenvalue weighted by Crippen LogP contribution is -2.28. The van der Waals surface area contributed by atoms with Gasteiger partial charge in [0.05, 0.1) is 12.0 Å². The van der Waals surface area contributed by atoms with Crippen LogP contribution in [0.2, 0.25) is 5.28 Å². The maximum absolute atomic E-state index is 11.2. The second-order valence-corrected chi connectivity index (χ2v) is 3.36. The average Bonchev–Trinajstić information content (AvgIpc) is 2.27. The van der Waals surface area contributed by atoms with Crippen molar-refractivity contribution >= 4 is 29.1 Å². The molecule has 17 heavy (non-hydrogen) atoms. The van der Waals surface area contributed by atoms with Gasteiger partial charge in [-0.05, 0) is 18.5 Å². The van der Waals surface area contributed by atoms with Crippen LogP contribution in [0.1, 0.15) is 6.92 Å². The first kappa shape index (κ1) is 13.1. The molecule has 0 aromatic carbocycles. The number of esters is 1. The van der Waals surface area contributed by atoms with E-state index in [0.717, 1.165) is 6.20 Å². The van der Waals surface area contributed by atoms with E-state index in [1.807, 2.05) is 0 Å². The highest BCUT2D eigenvalue weighted by Gasteiger charge is 2.21. The first-order valence-electron chi connectivity index (χ1n) is 4.47. The highest BCUT2D eigenvalue weighted by atomic mass is 35.5. The number of methoxy groups -OCH3 is 1. The van der Waals surface area contributed by atoms with Crippen molar-refractivity contribution in [2.75, 3.05) is 12.4 Å². The van der Waals surface area contributed by atoms with Gasteiger partial charge in [0.15, 0.2) is 0 Å². The molecule has 1 N–H and O–H groups in total. The summed E-state index contributed by atoms with van der Waals surface area (Å²) in [5.41, 5.74) is -0.370. The van der Waals surface area contributed by atoms with Gasteiger partial charge in [-0.1, -0.05) is 0 Å². The van der Waals surface area contributed by atoms with Gasteiger partial charge in [0.25, 0.3) is 0 Å². The molecule has 1 rings (SSSR count). The molecule has 0 amide bonds. The predicted molar refractivity (Wildman–Crippen MR) is 58.8 cm³/mol. The van der Waals surface area contributed by atoms with E-state index in [4.69, 9.17) is 11.6 Å². The Labute approximate surface area is 101 Å². The molecule has 1 heterocycles. The quantitative estimate of drug-likeness (QED) is 0.372. The Morgan fingerprint density at radius 1 is 1.71 bits per heavy atom. The third-order valence-electron chi connectivity index (χ3n) is 1.84. The minimum Gasteiger partial charge on any atom is -0.467 e. The number of carbonyl (C=O) groups excluding carboxylic acids is 1. The van der Waals surface area contributed by atoms with Gasteiger partial charge in [0, 0.05) is 0 Å². The summed E-state index contributed by atoms with van der Waals surface area (Å²) in [5, 5.41) is 13.1. The Morgan fingerprint density at radius 3 is 2.88 bits per heavy atom. The van der Waals surface area contributed by atoms with E-state index >= 15 is 0 Å². The molecular weight excluding hydrogens is 252 g/mol. The van der Waals surface area contributed by atoms with Gasteiger partial charge in [0.2, 0.25) is 11.1 Å². The summed E-state index contributed by atoms with van der Waals surface area (Å²) in [6, 6.07) is -0.787. The number of halogens is 1. The number of nitrogens with one attached hydrogen (secondary N) is 1. The number of anilines is 1. The van der Waals surface area contributed by atoms with Crippen LogP contribution in [-0.2, 0) is 9.53 Å². The third-order valence-corrected chi connectivity index (χ3v) is 2.03. The summed E-state index contributed by atoms with van der Waals surface area (Å²) < 4.78 is 4.47. The molecule has 0 fully saturated rings. The molecule has 0 aliphatic carbocycles. The zero-order valence-electron chi connectivity index (χ0n) is 9.01. The van der Waals surface area contributed by atoms with E-state index in [2.05, 4.69) is 20.0 Å². The molecule has 92 valence electrons. The standard InChI is InChI=1S/C8H9ClN4O4/c1-4(7(14)17-2)11-6-5(13(15)16)3-10-8(9)12-6/h3-4H,1-2H3,(H,10,11,12). The van der Waals surface area contributed by atoms with Gasteiger partial charge in [0.1, 0.15) is 12.2 Å². The largest absolute Gasteiger partial charge is 0.467 e. The van der Waals surface area contributed by atoms with Crippen LogP contribution in [0.4, 0.5) is 11.5 Å². The lowest BCUT2D eigenvalue weighted by molar-refractivity contribution is -0.384. The van der Waals surface area contributed by atoms with Gasteiger partial charge >= 0.3 is 11.7 Å². The molecule has 0 saturated carbocycles. The van der Waals surface area contributed by atoms with Crippen LogP contribution in [-0.4, -0.2) is 34.0 Å². The molecule has 0 spiro atoms. The first-order chi connectivity index (χ1) is 7.95. The Bertz CT molecular complexity index is 453. The van der Waals surface area contributed by atoms with Crippen molar-refractivity contribution in [1.82, 2.24) is 9.97 Å². The van der Waals surface area contributed by atoms with Crippen LogP contribution in [0, 0.1) is 10.1 Å². The molecule has 0 saturated heterocycles. The summed E-state index contributed by atoms with van der Waals surface area (Å²) in [6.45, 7) is 1.48. The number of hydrogen-bond acceptors (Lipinski definition) is 7. The van der Waals surface area contributed by atoms with Crippen LogP contribution < -0.4 is 5.32 Å². The van der Waals surface area contributed by atoms with Gasteiger partial charge in [-0.25, -0.2) is 9.78 Å². The van der Waals surface area contributed by atoms with Crippen LogP contribution in [0.3, 0.4) is 0 Å². The molecular formula is C8H9ClN4O4. The average molecular weight is 261 g/mol. The third kappa shape index (κ3) is 3.25. The Balaban J connectivity index is 3.00. The van der Waals surface area contributed by atoms with Crippen molar-refractivity contribution in [2.24, 2.45) is 0 Å². The number of carbonyl (C=O) groups is 1. The van der Waals surface area contributed by atoms with Crippen molar-refractivity contribution in [3.05, 3.63) is 21.6 Å². The number of nitrogens with zero attached hydrogens (tertiary/aromatic N) is 3. The summed E-state index contributed by atoms with van der Waals surface area (Å²) >= 11 is 5.52. The fraction of sp³-hybridized carbons (Fsp3) is 0.375. The Kier molecular flexibility index (Phi) is 4.16. The van der Waals surface area contributed by atoms with E-state index in [9.17, 15) is 14.9 Å². The van der Waals surface area contributed by atoms with Gasteiger partial charge in [-0.3, -0.25) is 10.1 Å². The highest BCUT2D eigenvalue weighted by molar-refractivity contribution is 6.28. The lowest BCUT2D eigenvalue weighted by atomic mass is 10.3. The molecule has 0 aliphatic heterocycles. The lowest BCUT2D eigenvalue weighted by Gasteiger charge is -2.11. The maximum Gasteiger partial charge on any atom is 0.329 e. The normalized spacial score (nSPS) is 11.7. The Morgan fingerprint density at radius 2 is 2.35 bits per heavy atom. The molecule has 0 radical (unpaired) electrons. The number of nitro groups is 1. The number of ether oxygens (including phenoxy) is 1. The van der Waals surface area contributed by atoms with Crippen LogP contribution >= 0.6 is 11.6 Å². The minimum absolute atomic E-state index is 0.132. The second kappa shape index (κ2) is 5.39. The van der Waals surface area contributed by atoms with E-state index in [0.29, 0.717) is 0 Å². The van der Waals surface area contributed by atoms with E-state index in [1.165, 1.54) is 14.0 Å². The molecule has 1 aromatic heterocycles. The highest BCUT2D eigenvalue weighted by Crippen LogP contribution is 2.22.